The van der Waals surface area contributed by atoms with Crippen LogP contribution in [0.1, 0.15) is 118 Å². The van der Waals surface area contributed by atoms with Gasteiger partial charge in [0.25, 0.3) is 5.91 Å². The van der Waals surface area contributed by atoms with Gasteiger partial charge in [0.2, 0.25) is 18.3 Å². The molecule has 13 heteroatoms. The summed E-state index contributed by atoms with van der Waals surface area (Å²) in [5, 5.41) is 12.2. The van der Waals surface area contributed by atoms with Crippen LogP contribution in [0.4, 0.5) is 17.6 Å². The van der Waals surface area contributed by atoms with Crippen molar-refractivity contribution in [1.29, 1.82) is 0 Å². The number of alkyl halides is 4. The van der Waals surface area contributed by atoms with Crippen LogP contribution in [0.3, 0.4) is 0 Å². The van der Waals surface area contributed by atoms with Crippen LogP contribution in [0.2, 0.25) is 0 Å². The number of imidazole rings is 1. The Bertz CT molecular complexity index is 1480. The Morgan fingerprint density at radius 3 is 2.33 bits per heavy atom. The SMILES string of the molecule is CC(C)n1nc([C@H](c2cn3ncc([C@H](NC(=O)CC(C)(C)C(F)F)C4CC4)cc3n2)C2CCC(F)(F)CC2)cc1C(N)=O. The minimum atomic E-state index is -2.72. The molecule has 9 nitrogen and oxygen atoms in total. The molecule has 234 valence electrons. The van der Waals surface area contributed by atoms with Gasteiger partial charge >= 0.3 is 0 Å². The van der Waals surface area contributed by atoms with E-state index in [9.17, 15) is 27.2 Å². The average molecular weight is 606 g/mol. The van der Waals surface area contributed by atoms with Gasteiger partial charge in [-0.05, 0) is 69.1 Å². The number of nitrogens with one attached hydrogen (secondary N) is 1. The molecule has 3 heterocycles. The van der Waals surface area contributed by atoms with Gasteiger partial charge in [0.15, 0.2) is 5.65 Å². The average Bonchev–Trinajstić information content (AvgIpc) is 3.51. The minimum Gasteiger partial charge on any atom is -0.364 e. The molecule has 43 heavy (non-hydrogen) atoms. The summed E-state index contributed by atoms with van der Waals surface area (Å²) >= 11 is 0. The highest BCUT2D eigenvalue weighted by molar-refractivity contribution is 5.91. The van der Waals surface area contributed by atoms with E-state index in [0.717, 1.165) is 12.8 Å². The van der Waals surface area contributed by atoms with Gasteiger partial charge in [-0.3, -0.25) is 14.3 Å². The normalized spacial score (nSPS) is 19.2. The number of nitrogens with two attached hydrogens (primary N) is 1. The Kier molecular flexibility index (Phi) is 8.30. The molecular weight excluding hydrogens is 566 g/mol. The Morgan fingerprint density at radius 2 is 1.77 bits per heavy atom. The van der Waals surface area contributed by atoms with Crippen molar-refractivity contribution in [2.24, 2.45) is 23.0 Å². The summed E-state index contributed by atoms with van der Waals surface area (Å²) in [6.45, 7) is 6.48. The molecule has 5 rings (SSSR count). The molecule has 2 aliphatic rings. The smallest absolute Gasteiger partial charge is 0.266 e. The molecule has 2 fully saturated rings. The number of nitrogens with zero attached hydrogens (tertiary/aromatic N) is 5. The van der Waals surface area contributed by atoms with Crippen molar-refractivity contribution in [2.45, 2.75) is 103 Å². The molecule has 0 bridgehead atoms. The van der Waals surface area contributed by atoms with Crippen molar-refractivity contribution >= 4 is 17.5 Å². The summed E-state index contributed by atoms with van der Waals surface area (Å²) in [7, 11) is 0. The van der Waals surface area contributed by atoms with Crippen molar-refractivity contribution in [3.8, 4) is 0 Å². The lowest BCUT2D eigenvalue weighted by Crippen LogP contribution is -2.35. The first-order chi connectivity index (χ1) is 20.1. The number of rotatable bonds is 11. The van der Waals surface area contributed by atoms with Crippen LogP contribution in [0, 0.1) is 17.3 Å². The third-order valence-corrected chi connectivity index (χ3v) is 8.70. The molecule has 0 aliphatic heterocycles. The number of fused-ring (bicyclic) bond motifs is 1. The second kappa shape index (κ2) is 11.5. The summed E-state index contributed by atoms with van der Waals surface area (Å²) in [6.07, 6.45) is 2.24. The van der Waals surface area contributed by atoms with Crippen LogP contribution in [0.15, 0.2) is 24.5 Å². The van der Waals surface area contributed by atoms with Crippen LogP contribution < -0.4 is 11.1 Å². The van der Waals surface area contributed by atoms with Crippen molar-refractivity contribution in [3.05, 3.63) is 47.2 Å². The monoisotopic (exact) mass is 605 g/mol. The highest BCUT2D eigenvalue weighted by atomic mass is 19.3. The molecule has 3 aromatic rings. The summed E-state index contributed by atoms with van der Waals surface area (Å²) in [6, 6.07) is 2.89. The van der Waals surface area contributed by atoms with E-state index in [2.05, 4.69) is 10.4 Å². The quantitative estimate of drug-likeness (QED) is 0.267. The van der Waals surface area contributed by atoms with Gasteiger partial charge in [0.05, 0.1) is 29.8 Å². The fourth-order valence-electron chi connectivity index (χ4n) is 6.02. The van der Waals surface area contributed by atoms with E-state index < -0.39 is 41.5 Å². The maximum atomic E-state index is 14.1. The van der Waals surface area contributed by atoms with E-state index in [1.54, 1.807) is 27.7 Å². The predicted molar refractivity (Wildman–Crippen MR) is 151 cm³/mol. The number of hydrogen-bond donors (Lipinski definition) is 2. The molecule has 0 aromatic carbocycles. The van der Waals surface area contributed by atoms with Crippen molar-refractivity contribution < 1.29 is 27.2 Å². The second-order valence-electron chi connectivity index (χ2n) is 13.1. The maximum Gasteiger partial charge on any atom is 0.266 e. The van der Waals surface area contributed by atoms with Crippen LogP contribution in [0.25, 0.3) is 5.65 Å². The van der Waals surface area contributed by atoms with Crippen LogP contribution >= 0.6 is 0 Å². The number of amides is 2. The summed E-state index contributed by atoms with van der Waals surface area (Å²) in [4.78, 5) is 29.8. The summed E-state index contributed by atoms with van der Waals surface area (Å²) in [5.74, 6) is -4.31. The Balaban J connectivity index is 1.48. The zero-order chi connectivity index (χ0) is 31.3. The fraction of sp³-hybridized carbons (Fsp3) is 0.633. The number of hydrogen-bond acceptors (Lipinski definition) is 5. The zero-order valence-corrected chi connectivity index (χ0v) is 24.9. The molecule has 2 atom stereocenters. The van der Waals surface area contributed by atoms with Gasteiger partial charge in [0.1, 0.15) is 5.69 Å². The number of aromatic nitrogens is 5. The summed E-state index contributed by atoms with van der Waals surface area (Å²) < 4.78 is 58.1. The van der Waals surface area contributed by atoms with Crippen molar-refractivity contribution in [2.75, 3.05) is 0 Å². The van der Waals surface area contributed by atoms with Gasteiger partial charge in [-0.25, -0.2) is 27.1 Å². The van der Waals surface area contributed by atoms with Crippen LogP contribution in [-0.4, -0.2) is 48.5 Å². The largest absolute Gasteiger partial charge is 0.364 e. The fourth-order valence-corrected chi connectivity index (χ4v) is 6.02. The zero-order valence-electron chi connectivity index (χ0n) is 24.9. The first kappa shape index (κ1) is 30.9. The molecule has 0 radical (unpaired) electrons. The molecule has 3 N–H and O–H groups in total. The molecule has 2 aliphatic carbocycles. The molecule has 3 aromatic heterocycles. The highest BCUT2D eigenvalue weighted by Gasteiger charge is 2.41. The lowest BCUT2D eigenvalue weighted by molar-refractivity contribution is -0.126. The van der Waals surface area contributed by atoms with Gasteiger partial charge in [-0.15, -0.1) is 0 Å². The number of primary amides is 1. The van der Waals surface area contributed by atoms with Gasteiger partial charge < -0.3 is 11.1 Å². The van der Waals surface area contributed by atoms with Gasteiger partial charge in [0, 0.05) is 36.6 Å². The summed E-state index contributed by atoms with van der Waals surface area (Å²) in [5.41, 5.74) is 6.74. The van der Waals surface area contributed by atoms with E-state index >= 15 is 0 Å². The molecule has 0 spiro atoms. The Labute approximate surface area is 247 Å². The number of carbonyl (C=O) groups excluding carboxylic acids is 2. The first-order valence-corrected chi connectivity index (χ1v) is 14.8. The number of carbonyl (C=O) groups is 2. The Hall–Kier alpha value is -3.51. The molecular formula is C30H39F4N7O2. The molecule has 2 saturated carbocycles. The molecule has 2 amide bonds. The predicted octanol–water partition coefficient (Wildman–Crippen LogP) is 5.81. The van der Waals surface area contributed by atoms with Crippen LogP contribution in [-0.2, 0) is 4.79 Å². The van der Waals surface area contributed by atoms with E-state index in [0.29, 0.717) is 22.6 Å². The molecule has 0 saturated heterocycles. The first-order valence-electron chi connectivity index (χ1n) is 14.8. The van der Waals surface area contributed by atoms with Gasteiger partial charge in [-0.2, -0.15) is 10.2 Å². The van der Waals surface area contributed by atoms with E-state index in [1.807, 2.05) is 19.9 Å². The minimum absolute atomic E-state index is 0.154. The Morgan fingerprint density at radius 1 is 1.09 bits per heavy atom. The lowest BCUT2D eigenvalue weighted by atomic mass is 9.76. The molecule has 0 unspecified atom stereocenters. The standard InChI is InChI=1S/C30H39F4N7O2/c1-16(2)41-22(27(35)43)12-20(39-41)25(17-7-9-30(33,34)10-8-17)21-15-40-23(37-21)11-19(14-36-40)26(18-5-6-18)38-24(42)13-29(3,4)28(31)32/h11-12,14-18,25-26,28H,5-10,13H2,1-4H3,(H2,35,43)(H,38,42)/t25-,26-/m1/s1. The maximum absolute atomic E-state index is 14.1. The highest BCUT2D eigenvalue weighted by Crippen LogP contribution is 2.45. The van der Waals surface area contributed by atoms with Crippen molar-refractivity contribution in [1.82, 2.24) is 29.7 Å². The second-order valence-corrected chi connectivity index (χ2v) is 13.1. The van der Waals surface area contributed by atoms with E-state index in [1.165, 1.54) is 13.8 Å². The topological polar surface area (TPSA) is 120 Å². The third-order valence-electron chi connectivity index (χ3n) is 8.70. The lowest BCUT2D eigenvalue weighted by Gasteiger charge is -2.32. The van der Waals surface area contributed by atoms with E-state index in [-0.39, 0.29) is 55.7 Å². The van der Waals surface area contributed by atoms with Crippen LogP contribution in [0.5, 0.6) is 0 Å². The van der Waals surface area contributed by atoms with E-state index in [4.69, 9.17) is 15.8 Å². The third kappa shape index (κ3) is 6.70. The van der Waals surface area contributed by atoms with Crippen molar-refractivity contribution in [3.63, 3.8) is 0 Å². The van der Waals surface area contributed by atoms with Gasteiger partial charge in [-0.1, -0.05) is 13.8 Å². The number of halogens is 4.